The predicted octanol–water partition coefficient (Wildman–Crippen LogP) is -0.00800. The predicted molar refractivity (Wildman–Crippen MR) is 108 cm³/mol. The number of aliphatic hydroxyl groups excluding tert-OH is 2. The maximum Gasteiger partial charge on any atom is 0.0831 e. The lowest BCUT2D eigenvalue weighted by atomic mass is 9.41. The second-order valence-corrected chi connectivity index (χ2v) is 11.4. The van der Waals surface area contributed by atoms with Gasteiger partial charge in [0.1, 0.15) is 0 Å². The lowest BCUT2D eigenvalue weighted by Crippen LogP contribution is -2.82. The van der Waals surface area contributed by atoms with Crippen molar-refractivity contribution < 1.29 is 29.9 Å². The highest BCUT2D eigenvalue weighted by Crippen LogP contribution is 2.79. The Bertz CT molecular complexity index is 751. The molecular formula is C23H37NO6. The minimum atomic E-state index is -1.31. The lowest BCUT2D eigenvalue weighted by Gasteiger charge is -2.71. The molecule has 0 aromatic carbocycles. The van der Waals surface area contributed by atoms with Gasteiger partial charge in [0.2, 0.25) is 0 Å². The van der Waals surface area contributed by atoms with Gasteiger partial charge in [0.05, 0.1) is 36.1 Å². The monoisotopic (exact) mass is 423 g/mol. The second-order valence-electron chi connectivity index (χ2n) is 11.4. The first-order valence-electron chi connectivity index (χ1n) is 11.8. The normalized spacial score (nSPS) is 63.3. The van der Waals surface area contributed by atoms with Crippen LogP contribution in [0.25, 0.3) is 0 Å². The Hall–Kier alpha value is -0.280. The number of aliphatic hydroxyl groups is 4. The first-order valence-corrected chi connectivity index (χ1v) is 11.8. The first kappa shape index (κ1) is 20.3. The average Bonchev–Trinajstić information content (AvgIpc) is 3.12. The maximum absolute atomic E-state index is 12.6. The van der Waals surface area contributed by atoms with E-state index in [0.29, 0.717) is 25.9 Å². The highest BCUT2D eigenvalue weighted by atomic mass is 16.5. The summed E-state index contributed by atoms with van der Waals surface area (Å²) in [6.07, 6.45) is 1.40. The van der Waals surface area contributed by atoms with E-state index in [1.54, 1.807) is 14.2 Å². The molecule has 7 bridgehead atoms. The Labute approximate surface area is 178 Å². The number of likely N-dealkylation sites (tertiary alicyclic amines) is 1. The molecule has 30 heavy (non-hydrogen) atoms. The van der Waals surface area contributed by atoms with Gasteiger partial charge in [-0.25, -0.2) is 0 Å². The molecule has 7 heteroatoms. The fraction of sp³-hybridized carbons (Fsp3) is 1.00. The number of nitrogens with zero attached hydrogens (tertiary/aromatic N) is 1. The minimum Gasteiger partial charge on any atom is -0.392 e. The number of ether oxygens (including phenoxy) is 2. The van der Waals surface area contributed by atoms with Crippen LogP contribution in [0.15, 0.2) is 0 Å². The SMILES string of the molecule is CCN1C[C@]2(COC)CC[C@H](O)[C@]34C1[C@H](C[C@H]23)[C@@]1(O)C[C@H](OC)[C@H]2C[C@]4(O)[C@@H]1[C@H]2O. The molecule has 0 aromatic heterocycles. The largest absolute Gasteiger partial charge is 0.392 e. The van der Waals surface area contributed by atoms with Gasteiger partial charge in [0.25, 0.3) is 0 Å². The van der Waals surface area contributed by atoms with Crippen molar-refractivity contribution in [1.82, 2.24) is 4.90 Å². The van der Waals surface area contributed by atoms with Crippen molar-refractivity contribution in [3.05, 3.63) is 0 Å². The van der Waals surface area contributed by atoms with Gasteiger partial charge in [-0.05, 0) is 38.1 Å². The van der Waals surface area contributed by atoms with Gasteiger partial charge in [-0.3, -0.25) is 4.90 Å². The fourth-order valence-electron chi connectivity index (χ4n) is 10.4. The van der Waals surface area contributed by atoms with E-state index in [0.717, 1.165) is 25.9 Å². The third-order valence-corrected chi connectivity index (χ3v) is 11.0. The van der Waals surface area contributed by atoms with Gasteiger partial charge >= 0.3 is 0 Å². The van der Waals surface area contributed by atoms with Crippen LogP contribution in [-0.4, -0.2) is 94.8 Å². The number of methoxy groups -OCH3 is 2. The molecular weight excluding hydrogens is 386 g/mol. The molecule has 5 saturated carbocycles. The van der Waals surface area contributed by atoms with Crippen LogP contribution in [-0.2, 0) is 9.47 Å². The Morgan fingerprint density at radius 2 is 1.90 bits per heavy atom. The topological polar surface area (TPSA) is 103 Å². The zero-order valence-corrected chi connectivity index (χ0v) is 18.3. The van der Waals surface area contributed by atoms with Crippen molar-refractivity contribution >= 4 is 0 Å². The molecule has 6 aliphatic rings. The van der Waals surface area contributed by atoms with Gasteiger partial charge in [0.15, 0.2) is 0 Å². The first-order chi connectivity index (χ1) is 14.2. The van der Waals surface area contributed by atoms with Crippen LogP contribution in [0, 0.1) is 34.5 Å². The molecule has 6 fully saturated rings. The third kappa shape index (κ3) is 1.84. The number of hydrogen-bond acceptors (Lipinski definition) is 7. The summed E-state index contributed by atoms with van der Waals surface area (Å²) in [5.74, 6) is -0.846. The maximum atomic E-state index is 12.6. The van der Waals surface area contributed by atoms with Crippen molar-refractivity contribution in [2.45, 2.75) is 74.6 Å². The quantitative estimate of drug-likeness (QED) is 0.504. The van der Waals surface area contributed by atoms with Gasteiger partial charge in [-0.1, -0.05) is 6.92 Å². The van der Waals surface area contributed by atoms with Crippen LogP contribution in [0.3, 0.4) is 0 Å². The fourth-order valence-corrected chi connectivity index (χ4v) is 10.4. The summed E-state index contributed by atoms with van der Waals surface area (Å²) in [7, 11) is 3.38. The van der Waals surface area contributed by atoms with Crippen LogP contribution in [0.5, 0.6) is 0 Å². The number of piperidine rings is 1. The summed E-state index contributed by atoms with van der Waals surface area (Å²) >= 11 is 0. The van der Waals surface area contributed by atoms with Crippen LogP contribution in [0.1, 0.15) is 39.0 Å². The molecule has 5 aliphatic carbocycles. The molecule has 1 aliphatic heterocycles. The van der Waals surface area contributed by atoms with Crippen molar-refractivity contribution in [3.8, 4) is 0 Å². The standard InChI is InChI=1S/C23H37NO6/c1-4-24-10-20(11-29-2)6-5-16(25)23-15(20)7-13(19(23)24)21(27)9-14(30-3)12-8-22(23,28)18(21)17(12)26/h12-19,25-28H,4-11H2,1-3H3/t12-,13+,14+,15-,16+,17+,18-,19?,20+,21+,22+,23+/m1/s1. The van der Waals surface area contributed by atoms with E-state index in [2.05, 4.69) is 11.8 Å². The van der Waals surface area contributed by atoms with Gasteiger partial charge < -0.3 is 29.9 Å². The molecule has 0 amide bonds. The third-order valence-electron chi connectivity index (χ3n) is 11.0. The van der Waals surface area contributed by atoms with Gasteiger partial charge in [-0.2, -0.15) is 0 Å². The molecule has 1 unspecified atom stereocenters. The summed E-state index contributed by atoms with van der Waals surface area (Å²) in [6, 6.07) is -0.0828. The molecule has 1 saturated heterocycles. The molecule has 0 radical (unpaired) electrons. The van der Waals surface area contributed by atoms with Crippen molar-refractivity contribution in [1.29, 1.82) is 0 Å². The summed E-state index contributed by atoms with van der Waals surface area (Å²) in [5.41, 5.74) is -3.37. The number of fused-ring (bicyclic) bond motifs is 2. The van der Waals surface area contributed by atoms with E-state index in [4.69, 9.17) is 9.47 Å². The molecule has 170 valence electrons. The van der Waals surface area contributed by atoms with E-state index in [-0.39, 0.29) is 35.3 Å². The van der Waals surface area contributed by atoms with E-state index < -0.39 is 34.7 Å². The van der Waals surface area contributed by atoms with Crippen molar-refractivity contribution in [2.75, 3.05) is 33.9 Å². The van der Waals surface area contributed by atoms with E-state index in [1.807, 2.05) is 0 Å². The molecule has 0 aromatic rings. The van der Waals surface area contributed by atoms with Gasteiger partial charge in [0, 0.05) is 61.8 Å². The molecule has 7 nitrogen and oxygen atoms in total. The number of rotatable bonds is 4. The molecule has 12 atom stereocenters. The average molecular weight is 424 g/mol. The van der Waals surface area contributed by atoms with Crippen LogP contribution in [0.4, 0.5) is 0 Å². The molecule has 1 spiro atoms. The smallest absolute Gasteiger partial charge is 0.0831 e. The summed E-state index contributed by atoms with van der Waals surface area (Å²) < 4.78 is 11.5. The van der Waals surface area contributed by atoms with Gasteiger partial charge in [-0.15, -0.1) is 0 Å². The molecule has 1 heterocycles. The Balaban J connectivity index is 1.62. The molecule has 4 N–H and O–H groups in total. The van der Waals surface area contributed by atoms with Crippen LogP contribution >= 0.6 is 0 Å². The van der Waals surface area contributed by atoms with Crippen LogP contribution < -0.4 is 0 Å². The number of hydrogen-bond donors (Lipinski definition) is 4. The van der Waals surface area contributed by atoms with Crippen molar-refractivity contribution in [2.24, 2.45) is 34.5 Å². The zero-order chi connectivity index (χ0) is 21.3. The van der Waals surface area contributed by atoms with E-state index in [1.165, 1.54) is 0 Å². The summed E-state index contributed by atoms with van der Waals surface area (Å²) in [5, 5.41) is 47.8. The van der Waals surface area contributed by atoms with Crippen molar-refractivity contribution in [3.63, 3.8) is 0 Å². The highest BCUT2D eigenvalue weighted by Gasteiger charge is 2.88. The minimum absolute atomic E-state index is 0.0815. The second kappa shape index (κ2) is 5.99. The molecule has 6 rings (SSSR count). The Morgan fingerprint density at radius 1 is 1.13 bits per heavy atom. The highest BCUT2D eigenvalue weighted by molar-refractivity contribution is 5.38. The lowest BCUT2D eigenvalue weighted by molar-refractivity contribution is -0.325. The zero-order valence-electron chi connectivity index (χ0n) is 18.3. The summed E-state index contributed by atoms with van der Waals surface area (Å²) in [4.78, 5) is 2.42. The Kier molecular flexibility index (Phi) is 4.06. The van der Waals surface area contributed by atoms with Crippen LogP contribution in [0.2, 0.25) is 0 Å². The Morgan fingerprint density at radius 3 is 2.57 bits per heavy atom. The van der Waals surface area contributed by atoms with E-state index in [9.17, 15) is 20.4 Å². The van der Waals surface area contributed by atoms with E-state index >= 15 is 0 Å². The summed E-state index contributed by atoms with van der Waals surface area (Å²) in [6.45, 7) is 4.44.